The number of thiophene rings is 1. The number of nitrogens with one attached hydrogen (secondary N) is 1. The first kappa shape index (κ1) is 13.2. The average Bonchev–Trinajstić information content (AvgIpc) is 2.68. The minimum atomic E-state index is -0.919. The van der Waals surface area contributed by atoms with Crippen LogP contribution in [0.15, 0.2) is 17.5 Å². The number of halogens is 1. The quantitative estimate of drug-likeness (QED) is 0.792. The highest BCUT2D eigenvalue weighted by Crippen LogP contribution is 2.22. The molecule has 0 fully saturated rings. The van der Waals surface area contributed by atoms with Gasteiger partial charge in [0.05, 0.1) is 12.5 Å². The first-order valence-corrected chi connectivity index (χ1v) is 6.74. The molecule has 4 nitrogen and oxygen atoms in total. The Hall–Kier alpha value is -0.880. The van der Waals surface area contributed by atoms with Gasteiger partial charge in [-0.05, 0) is 11.4 Å². The molecule has 1 amide bonds. The molecule has 2 N–H and O–H groups in total. The van der Waals surface area contributed by atoms with Crippen molar-refractivity contribution in [2.24, 2.45) is 0 Å². The fourth-order valence-corrected chi connectivity index (χ4v) is 2.38. The summed E-state index contributed by atoms with van der Waals surface area (Å²) in [6, 6.07) is 3.24. The lowest BCUT2D eigenvalue weighted by molar-refractivity contribution is -0.137. The van der Waals surface area contributed by atoms with Crippen LogP contribution in [0, 0.1) is 0 Å². The molecule has 0 aliphatic heterocycles. The van der Waals surface area contributed by atoms with Crippen LogP contribution in [0.5, 0.6) is 0 Å². The molecular formula is C10H12BrNO3S. The summed E-state index contributed by atoms with van der Waals surface area (Å²) in [5, 5.41) is 13.9. The van der Waals surface area contributed by atoms with Crippen molar-refractivity contribution in [3.8, 4) is 0 Å². The van der Waals surface area contributed by atoms with Gasteiger partial charge in [0.2, 0.25) is 5.91 Å². The summed E-state index contributed by atoms with van der Waals surface area (Å²) in [5.41, 5.74) is 0. The van der Waals surface area contributed by atoms with Crippen molar-refractivity contribution < 1.29 is 14.7 Å². The van der Waals surface area contributed by atoms with E-state index in [1.807, 2.05) is 17.5 Å². The van der Waals surface area contributed by atoms with Gasteiger partial charge < -0.3 is 10.4 Å². The van der Waals surface area contributed by atoms with Crippen LogP contribution in [-0.4, -0.2) is 22.3 Å². The molecule has 1 rings (SSSR count). The zero-order valence-corrected chi connectivity index (χ0v) is 10.9. The molecule has 0 aromatic carbocycles. The van der Waals surface area contributed by atoms with Gasteiger partial charge in [-0.3, -0.25) is 9.59 Å². The Morgan fingerprint density at radius 3 is 2.81 bits per heavy atom. The largest absolute Gasteiger partial charge is 0.481 e. The zero-order valence-electron chi connectivity index (χ0n) is 8.48. The summed E-state index contributed by atoms with van der Waals surface area (Å²) in [4.78, 5) is 23.0. The van der Waals surface area contributed by atoms with E-state index in [0.717, 1.165) is 4.88 Å². The molecular weight excluding hydrogens is 294 g/mol. The van der Waals surface area contributed by atoms with Gasteiger partial charge in [0.25, 0.3) is 0 Å². The number of aliphatic carboxylic acids is 1. The van der Waals surface area contributed by atoms with Gasteiger partial charge >= 0.3 is 5.97 Å². The number of rotatable bonds is 6. The molecule has 0 saturated carbocycles. The summed E-state index contributed by atoms with van der Waals surface area (Å²) >= 11 is 4.61. The van der Waals surface area contributed by atoms with Crippen molar-refractivity contribution in [3.05, 3.63) is 22.4 Å². The standard InChI is InChI=1S/C10H12BrNO3S/c11-4-3-9(13)12-7(6-10(14)15)8-2-1-5-16-8/h1-2,5,7H,3-4,6H2,(H,12,13)(H,14,15). The summed E-state index contributed by atoms with van der Waals surface area (Å²) in [6.45, 7) is 0. The molecule has 0 saturated heterocycles. The summed E-state index contributed by atoms with van der Waals surface area (Å²) in [5.74, 6) is -1.06. The molecule has 0 radical (unpaired) electrons. The molecule has 16 heavy (non-hydrogen) atoms. The third-order valence-electron chi connectivity index (χ3n) is 1.92. The Labute approximate surface area is 106 Å². The molecule has 1 aromatic rings. The van der Waals surface area contributed by atoms with E-state index in [1.165, 1.54) is 11.3 Å². The second-order valence-corrected chi connectivity index (χ2v) is 4.94. The Morgan fingerprint density at radius 2 is 2.31 bits per heavy atom. The summed E-state index contributed by atoms with van der Waals surface area (Å²) in [7, 11) is 0. The van der Waals surface area contributed by atoms with Gasteiger partial charge in [0.1, 0.15) is 0 Å². The number of carbonyl (C=O) groups excluding carboxylic acids is 1. The normalized spacial score (nSPS) is 12.1. The predicted octanol–water partition coefficient (Wildman–Crippen LogP) is 2.17. The van der Waals surface area contributed by atoms with Crippen molar-refractivity contribution in [2.45, 2.75) is 18.9 Å². The van der Waals surface area contributed by atoms with Crippen LogP contribution < -0.4 is 5.32 Å². The monoisotopic (exact) mass is 305 g/mol. The van der Waals surface area contributed by atoms with Gasteiger partial charge in [-0.1, -0.05) is 22.0 Å². The topological polar surface area (TPSA) is 66.4 Å². The molecule has 1 unspecified atom stereocenters. The van der Waals surface area contributed by atoms with Crippen LogP contribution in [0.4, 0.5) is 0 Å². The van der Waals surface area contributed by atoms with Gasteiger partial charge in [-0.15, -0.1) is 11.3 Å². The SMILES string of the molecule is O=C(O)CC(NC(=O)CCBr)c1cccs1. The molecule has 1 atom stereocenters. The lowest BCUT2D eigenvalue weighted by Gasteiger charge is -2.14. The summed E-state index contributed by atoms with van der Waals surface area (Å²) in [6.07, 6.45) is 0.260. The fraction of sp³-hybridized carbons (Fsp3) is 0.400. The molecule has 1 heterocycles. The highest BCUT2D eigenvalue weighted by molar-refractivity contribution is 9.09. The Morgan fingerprint density at radius 1 is 1.56 bits per heavy atom. The van der Waals surface area contributed by atoms with E-state index in [2.05, 4.69) is 21.2 Å². The van der Waals surface area contributed by atoms with Crippen LogP contribution >= 0.6 is 27.3 Å². The number of amides is 1. The van der Waals surface area contributed by atoms with E-state index in [0.29, 0.717) is 11.8 Å². The highest BCUT2D eigenvalue weighted by Gasteiger charge is 2.18. The summed E-state index contributed by atoms with van der Waals surface area (Å²) < 4.78 is 0. The zero-order chi connectivity index (χ0) is 12.0. The van der Waals surface area contributed by atoms with Gasteiger partial charge in [-0.2, -0.15) is 0 Å². The minimum Gasteiger partial charge on any atom is -0.481 e. The van der Waals surface area contributed by atoms with Crippen molar-refractivity contribution in [2.75, 3.05) is 5.33 Å². The maximum absolute atomic E-state index is 11.4. The minimum absolute atomic E-state index is 0.0888. The van der Waals surface area contributed by atoms with Crippen LogP contribution in [0.3, 0.4) is 0 Å². The Balaban J connectivity index is 2.65. The number of carbonyl (C=O) groups is 2. The van der Waals surface area contributed by atoms with E-state index in [-0.39, 0.29) is 12.3 Å². The first-order chi connectivity index (χ1) is 7.63. The lowest BCUT2D eigenvalue weighted by atomic mass is 10.1. The smallest absolute Gasteiger partial charge is 0.305 e. The van der Waals surface area contributed by atoms with E-state index in [4.69, 9.17) is 5.11 Å². The second-order valence-electron chi connectivity index (χ2n) is 3.17. The second kappa shape index (κ2) is 6.65. The van der Waals surface area contributed by atoms with Gasteiger partial charge in [0, 0.05) is 16.6 Å². The third-order valence-corrected chi connectivity index (χ3v) is 3.30. The van der Waals surface area contributed by atoms with Crippen molar-refractivity contribution >= 4 is 39.1 Å². The molecule has 1 aromatic heterocycles. The van der Waals surface area contributed by atoms with Crippen LogP contribution in [0.25, 0.3) is 0 Å². The molecule has 0 spiro atoms. The maximum atomic E-state index is 11.4. The van der Waals surface area contributed by atoms with Gasteiger partial charge in [0.15, 0.2) is 0 Å². The first-order valence-electron chi connectivity index (χ1n) is 4.74. The van der Waals surface area contributed by atoms with E-state index in [9.17, 15) is 9.59 Å². The van der Waals surface area contributed by atoms with Crippen molar-refractivity contribution in [3.63, 3.8) is 0 Å². The Kier molecular flexibility index (Phi) is 5.48. The number of hydrogen-bond acceptors (Lipinski definition) is 3. The predicted molar refractivity (Wildman–Crippen MR) is 65.9 cm³/mol. The lowest BCUT2D eigenvalue weighted by Crippen LogP contribution is -2.29. The van der Waals surface area contributed by atoms with Gasteiger partial charge in [-0.25, -0.2) is 0 Å². The van der Waals surface area contributed by atoms with Crippen LogP contribution in [-0.2, 0) is 9.59 Å². The Bertz CT molecular complexity index is 353. The molecule has 0 bridgehead atoms. The van der Waals surface area contributed by atoms with Crippen LogP contribution in [0.1, 0.15) is 23.8 Å². The van der Waals surface area contributed by atoms with Crippen molar-refractivity contribution in [1.82, 2.24) is 5.32 Å². The van der Waals surface area contributed by atoms with E-state index in [1.54, 1.807) is 0 Å². The average molecular weight is 306 g/mol. The maximum Gasteiger partial charge on any atom is 0.305 e. The van der Waals surface area contributed by atoms with Crippen molar-refractivity contribution in [1.29, 1.82) is 0 Å². The molecule has 0 aliphatic rings. The number of hydrogen-bond donors (Lipinski definition) is 2. The molecule has 0 aliphatic carbocycles. The third kappa shape index (κ3) is 4.32. The molecule has 88 valence electrons. The molecule has 6 heteroatoms. The van der Waals surface area contributed by atoms with E-state index >= 15 is 0 Å². The number of carboxylic acid groups (broad SMARTS) is 1. The number of alkyl halides is 1. The highest BCUT2D eigenvalue weighted by atomic mass is 79.9. The number of carboxylic acids is 1. The van der Waals surface area contributed by atoms with E-state index < -0.39 is 12.0 Å². The fourth-order valence-electron chi connectivity index (χ4n) is 1.24. The van der Waals surface area contributed by atoms with Crippen LogP contribution in [0.2, 0.25) is 0 Å².